The molecular weight excluding hydrogens is 282 g/mol. The molecule has 0 bridgehead atoms. The molecule has 1 amide bonds. The fourth-order valence-electron chi connectivity index (χ4n) is 2.80. The Labute approximate surface area is 129 Å². The Kier molecular flexibility index (Phi) is 3.85. The van der Waals surface area contributed by atoms with Crippen LogP contribution in [0, 0.1) is 12.8 Å². The lowest BCUT2D eigenvalue weighted by molar-refractivity contribution is 0.0688. The minimum absolute atomic E-state index is 0.172. The Morgan fingerprint density at radius 1 is 1.43 bits per heavy atom. The number of carbonyl (C=O) groups excluding carboxylic acids is 1. The van der Waals surface area contributed by atoms with Crippen molar-refractivity contribution < 1.29 is 4.79 Å². The zero-order chi connectivity index (χ0) is 15.0. The topological polar surface area (TPSA) is 38.1 Å². The van der Waals surface area contributed by atoms with Crippen LogP contribution >= 0.6 is 11.3 Å². The minimum Gasteiger partial charge on any atom is -0.338 e. The molecule has 0 aromatic carbocycles. The van der Waals surface area contributed by atoms with E-state index in [1.54, 1.807) is 11.3 Å². The van der Waals surface area contributed by atoms with Gasteiger partial charge in [-0.2, -0.15) is 5.10 Å². The van der Waals surface area contributed by atoms with Gasteiger partial charge in [0.25, 0.3) is 5.91 Å². The SMILES string of the molecule is Cc1cc(-c2ccc(C(=O)N3CCC[C@@H](C)C3)s2)nn1C. The molecule has 3 heterocycles. The highest BCUT2D eigenvalue weighted by Gasteiger charge is 2.23. The standard InChI is InChI=1S/C16H21N3OS/c1-11-5-4-8-19(10-11)16(20)15-7-6-14(21-15)13-9-12(2)18(3)17-13/h6-7,9,11H,4-5,8,10H2,1-3H3/t11-/m1/s1. The predicted molar refractivity (Wildman–Crippen MR) is 85.6 cm³/mol. The van der Waals surface area contributed by atoms with Crippen molar-refractivity contribution in [2.24, 2.45) is 13.0 Å². The van der Waals surface area contributed by atoms with Crippen LogP contribution in [0.15, 0.2) is 18.2 Å². The Hall–Kier alpha value is -1.62. The van der Waals surface area contributed by atoms with Gasteiger partial charge in [0.15, 0.2) is 0 Å². The second-order valence-electron chi connectivity index (χ2n) is 5.96. The second kappa shape index (κ2) is 5.64. The van der Waals surface area contributed by atoms with Crippen molar-refractivity contribution in [1.82, 2.24) is 14.7 Å². The van der Waals surface area contributed by atoms with E-state index in [1.807, 2.05) is 35.7 Å². The Balaban J connectivity index is 1.79. The lowest BCUT2D eigenvalue weighted by Crippen LogP contribution is -2.38. The monoisotopic (exact) mass is 303 g/mol. The number of carbonyl (C=O) groups is 1. The molecule has 1 atom stereocenters. The summed E-state index contributed by atoms with van der Waals surface area (Å²) in [6.45, 7) is 6.02. The summed E-state index contributed by atoms with van der Waals surface area (Å²) in [5.74, 6) is 0.783. The molecule has 0 aliphatic carbocycles. The molecule has 0 unspecified atom stereocenters. The summed E-state index contributed by atoms with van der Waals surface area (Å²) >= 11 is 1.54. The minimum atomic E-state index is 0.172. The third kappa shape index (κ3) is 2.88. The van der Waals surface area contributed by atoms with Gasteiger partial charge >= 0.3 is 0 Å². The zero-order valence-electron chi connectivity index (χ0n) is 12.8. The van der Waals surface area contributed by atoms with Crippen LogP contribution in [0.2, 0.25) is 0 Å². The van der Waals surface area contributed by atoms with Crippen molar-refractivity contribution >= 4 is 17.2 Å². The van der Waals surface area contributed by atoms with Crippen LogP contribution in [0.4, 0.5) is 0 Å². The molecule has 5 heteroatoms. The number of thiophene rings is 1. The van der Waals surface area contributed by atoms with Gasteiger partial charge in [-0.15, -0.1) is 11.3 Å². The Morgan fingerprint density at radius 3 is 2.90 bits per heavy atom. The molecule has 1 saturated heterocycles. The third-order valence-corrected chi connectivity index (χ3v) is 5.22. The van der Waals surface area contributed by atoms with Gasteiger partial charge in [-0.05, 0) is 43.9 Å². The molecule has 112 valence electrons. The molecule has 2 aromatic rings. The summed E-state index contributed by atoms with van der Waals surface area (Å²) in [7, 11) is 1.94. The van der Waals surface area contributed by atoms with Gasteiger partial charge < -0.3 is 4.90 Å². The highest BCUT2D eigenvalue weighted by molar-refractivity contribution is 7.17. The molecule has 0 saturated carbocycles. The van der Waals surface area contributed by atoms with Crippen molar-refractivity contribution in [1.29, 1.82) is 0 Å². The number of nitrogens with zero attached hydrogens (tertiary/aromatic N) is 3. The predicted octanol–water partition coefficient (Wildman–Crippen LogP) is 3.33. The van der Waals surface area contributed by atoms with Gasteiger partial charge in [0, 0.05) is 25.8 Å². The highest BCUT2D eigenvalue weighted by atomic mass is 32.1. The first-order valence-electron chi connectivity index (χ1n) is 7.44. The van der Waals surface area contributed by atoms with Gasteiger partial charge in [0.1, 0.15) is 5.69 Å². The number of piperidine rings is 1. The van der Waals surface area contributed by atoms with Crippen molar-refractivity contribution in [2.75, 3.05) is 13.1 Å². The first kappa shape index (κ1) is 14.3. The molecule has 4 nitrogen and oxygen atoms in total. The number of hydrogen-bond donors (Lipinski definition) is 0. The van der Waals surface area contributed by atoms with Gasteiger partial charge in [-0.1, -0.05) is 6.92 Å². The lowest BCUT2D eigenvalue weighted by atomic mass is 10.0. The Morgan fingerprint density at radius 2 is 2.24 bits per heavy atom. The number of rotatable bonds is 2. The molecule has 0 N–H and O–H groups in total. The maximum absolute atomic E-state index is 12.6. The van der Waals surface area contributed by atoms with E-state index >= 15 is 0 Å². The maximum Gasteiger partial charge on any atom is 0.263 e. The summed E-state index contributed by atoms with van der Waals surface area (Å²) < 4.78 is 1.86. The van der Waals surface area contributed by atoms with E-state index in [1.165, 1.54) is 6.42 Å². The lowest BCUT2D eigenvalue weighted by Gasteiger charge is -2.30. The van der Waals surface area contributed by atoms with E-state index in [9.17, 15) is 4.79 Å². The summed E-state index contributed by atoms with van der Waals surface area (Å²) in [6, 6.07) is 6.00. The van der Waals surface area contributed by atoms with Crippen LogP contribution < -0.4 is 0 Å². The van der Waals surface area contributed by atoms with Gasteiger partial charge in [-0.3, -0.25) is 9.48 Å². The van der Waals surface area contributed by atoms with E-state index in [4.69, 9.17) is 0 Å². The van der Waals surface area contributed by atoms with Crippen LogP contribution in [0.5, 0.6) is 0 Å². The maximum atomic E-state index is 12.6. The molecule has 2 aromatic heterocycles. The molecular formula is C16H21N3OS. The first-order chi connectivity index (χ1) is 10.0. The van der Waals surface area contributed by atoms with Gasteiger partial charge in [0.05, 0.1) is 9.75 Å². The second-order valence-corrected chi connectivity index (χ2v) is 7.04. The number of hydrogen-bond acceptors (Lipinski definition) is 3. The summed E-state index contributed by atoms with van der Waals surface area (Å²) in [5, 5.41) is 4.48. The van der Waals surface area contributed by atoms with E-state index in [-0.39, 0.29) is 5.91 Å². The van der Waals surface area contributed by atoms with Gasteiger partial charge in [-0.25, -0.2) is 0 Å². The average Bonchev–Trinajstić information content (AvgIpc) is 3.06. The Bertz CT molecular complexity index is 639. The largest absolute Gasteiger partial charge is 0.338 e. The fraction of sp³-hybridized carbons (Fsp3) is 0.500. The summed E-state index contributed by atoms with van der Waals surface area (Å²) in [4.78, 5) is 16.5. The van der Waals surface area contributed by atoms with Crippen molar-refractivity contribution in [3.8, 4) is 10.6 Å². The third-order valence-electron chi connectivity index (χ3n) is 4.13. The van der Waals surface area contributed by atoms with Crippen LogP contribution in [-0.2, 0) is 7.05 Å². The van der Waals surface area contributed by atoms with Crippen molar-refractivity contribution in [3.05, 3.63) is 28.8 Å². The van der Waals surface area contributed by atoms with Crippen molar-refractivity contribution in [2.45, 2.75) is 26.7 Å². The molecule has 1 aliphatic heterocycles. The highest BCUT2D eigenvalue weighted by Crippen LogP contribution is 2.29. The quantitative estimate of drug-likeness (QED) is 0.853. The van der Waals surface area contributed by atoms with Crippen LogP contribution in [0.1, 0.15) is 35.1 Å². The molecule has 1 aliphatic rings. The van der Waals surface area contributed by atoms with E-state index in [0.717, 1.165) is 40.7 Å². The van der Waals surface area contributed by atoms with E-state index in [0.29, 0.717) is 5.92 Å². The molecule has 1 fully saturated rings. The molecule has 3 rings (SSSR count). The fourth-order valence-corrected chi connectivity index (χ4v) is 3.73. The molecule has 0 radical (unpaired) electrons. The number of likely N-dealkylation sites (tertiary alicyclic amines) is 1. The summed E-state index contributed by atoms with van der Waals surface area (Å²) in [5.41, 5.74) is 2.07. The van der Waals surface area contributed by atoms with E-state index < -0.39 is 0 Å². The number of aromatic nitrogens is 2. The van der Waals surface area contributed by atoms with Crippen LogP contribution in [0.25, 0.3) is 10.6 Å². The average molecular weight is 303 g/mol. The van der Waals surface area contributed by atoms with Gasteiger partial charge in [0.2, 0.25) is 0 Å². The zero-order valence-corrected chi connectivity index (χ0v) is 13.6. The van der Waals surface area contributed by atoms with Crippen LogP contribution in [0.3, 0.4) is 0 Å². The smallest absolute Gasteiger partial charge is 0.263 e. The molecule has 0 spiro atoms. The number of aryl methyl sites for hydroxylation is 2. The first-order valence-corrected chi connectivity index (χ1v) is 8.26. The van der Waals surface area contributed by atoms with Crippen LogP contribution in [-0.4, -0.2) is 33.7 Å². The molecule has 21 heavy (non-hydrogen) atoms. The van der Waals surface area contributed by atoms with E-state index in [2.05, 4.69) is 18.1 Å². The normalized spacial score (nSPS) is 19.0. The number of amides is 1. The summed E-state index contributed by atoms with van der Waals surface area (Å²) in [6.07, 6.45) is 2.34. The van der Waals surface area contributed by atoms with Crippen molar-refractivity contribution in [3.63, 3.8) is 0 Å².